The van der Waals surface area contributed by atoms with Crippen LogP contribution >= 0.6 is 23.1 Å². The Hall–Kier alpha value is -0.330. The van der Waals surface area contributed by atoms with E-state index in [0.717, 1.165) is 42.6 Å². The van der Waals surface area contributed by atoms with Crippen LogP contribution < -0.4 is 10.6 Å². The highest BCUT2D eigenvalue weighted by Crippen LogP contribution is 2.35. The van der Waals surface area contributed by atoms with Gasteiger partial charge in [-0.1, -0.05) is 11.3 Å². The SMILES string of the molecule is CSC1(CN)CCN(c2nnc(C)s2)CC1. The first-order chi connectivity index (χ1) is 7.69. The van der Waals surface area contributed by atoms with Gasteiger partial charge < -0.3 is 10.6 Å². The molecule has 2 N–H and O–H groups in total. The topological polar surface area (TPSA) is 55.0 Å². The molecule has 1 aliphatic rings. The molecule has 16 heavy (non-hydrogen) atoms. The predicted octanol–water partition coefficient (Wildman–Crippen LogP) is 1.51. The van der Waals surface area contributed by atoms with E-state index in [1.165, 1.54) is 0 Å². The van der Waals surface area contributed by atoms with E-state index in [0.29, 0.717) is 0 Å². The maximum Gasteiger partial charge on any atom is 0.208 e. The summed E-state index contributed by atoms with van der Waals surface area (Å²) in [4.78, 5) is 2.33. The van der Waals surface area contributed by atoms with Crippen molar-refractivity contribution in [2.75, 3.05) is 30.8 Å². The van der Waals surface area contributed by atoms with Crippen molar-refractivity contribution < 1.29 is 0 Å². The van der Waals surface area contributed by atoms with Crippen LogP contribution in [0, 0.1) is 6.92 Å². The number of rotatable bonds is 3. The summed E-state index contributed by atoms with van der Waals surface area (Å²) in [6, 6.07) is 0. The summed E-state index contributed by atoms with van der Waals surface area (Å²) in [6.07, 6.45) is 4.45. The van der Waals surface area contributed by atoms with E-state index in [-0.39, 0.29) is 4.75 Å². The summed E-state index contributed by atoms with van der Waals surface area (Å²) >= 11 is 3.59. The Morgan fingerprint density at radius 1 is 1.44 bits per heavy atom. The van der Waals surface area contributed by atoms with Crippen molar-refractivity contribution in [1.82, 2.24) is 10.2 Å². The van der Waals surface area contributed by atoms with Crippen molar-refractivity contribution in [3.8, 4) is 0 Å². The molecule has 0 bridgehead atoms. The van der Waals surface area contributed by atoms with Crippen molar-refractivity contribution >= 4 is 28.2 Å². The molecule has 2 rings (SSSR count). The van der Waals surface area contributed by atoms with Gasteiger partial charge in [-0.25, -0.2) is 0 Å². The van der Waals surface area contributed by atoms with E-state index < -0.39 is 0 Å². The van der Waals surface area contributed by atoms with E-state index in [1.54, 1.807) is 11.3 Å². The van der Waals surface area contributed by atoms with Crippen LogP contribution in [0.5, 0.6) is 0 Å². The molecular formula is C10H18N4S2. The van der Waals surface area contributed by atoms with E-state index in [4.69, 9.17) is 5.73 Å². The Morgan fingerprint density at radius 2 is 2.12 bits per heavy atom. The van der Waals surface area contributed by atoms with Gasteiger partial charge in [0.25, 0.3) is 0 Å². The third-order valence-electron chi connectivity index (χ3n) is 3.27. The average molecular weight is 258 g/mol. The molecule has 0 saturated carbocycles. The zero-order chi connectivity index (χ0) is 11.6. The molecule has 1 fully saturated rings. The monoisotopic (exact) mass is 258 g/mol. The van der Waals surface area contributed by atoms with Crippen molar-refractivity contribution in [2.24, 2.45) is 5.73 Å². The third-order valence-corrected chi connectivity index (χ3v) is 5.61. The zero-order valence-electron chi connectivity index (χ0n) is 9.77. The molecule has 4 nitrogen and oxygen atoms in total. The second-order valence-electron chi connectivity index (χ2n) is 4.18. The van der Waals surface area contributed by atoms with Crippen LogP contribution in [0.2, 0.25) is 0 Å². The Labute approximate surface area is 105 Å². The number of aryl methyl sites for hydroxylation is 1. The molecule has 0 atom stereocenters. The van der Waals surface area contributed by atoms with E-state index >= 15 is 0 Å². The number of anilines is 1. The second kappa shape index (κ2) is 4.89. The van der Waals surface area contributed by atoms with Gasteiger partial charge in [0, 0.05) is 24.4 Å². The fraction of sp³-hybridized carbons (Fsp3) is 0.800. The third kappa shape index (κ3) is 2.33. The number of hydrogen-bond acceptors (Lipinski definition) is 6. The Kier molecular flexibility index (Phi) is 3.71. The molecule has 1 aliphatic heterocycles. The molecule has 1 aromatic heterocycles. The molecule has 0 aromatic carbocycles. The average Bonchev–Trinajstić information content (AvgIpc) is 2.76. The van der Waals surface area contributed by atoms with Gasteiger partial charge in [0.15, 0.2) is 0 Å². The quantitative estimate of drug-likeness (QED) is 0.890. The second-order valence-corrected chi connectivity index (χ2v) is 6.62. The first-order valence-corrected chi connectivity index (χ1v) is 7.53. The molecule has 0 radical (unpaired) electrons. The van der Waals surface area contributed by atoms with Gasteiger partial charge in [-0.3, -0.25) is 0 Å². The number of nitrogens with zero attached hydrogens (tertiary/aromatic N) is 3. The summed E-state index contributed by atoms with van der Waals surface area (Å²) in [5.74, 6) is 0. The normalized spacial score (nSPS) is 20.1. The molecule has 0 unspecified atom stereocenters. The number of aromatic nitrogens is 2. The lowest BCUT2D eigenvalue weighted by molar-refractivity contribution is 0.456. The first-order valence-electron chi connectivity index (χ1n) is 5.49. The number of thioether (sulfide) groups is 1. The molecule has 0 spiro atoms. The van der Waals surface area contributed by atoms with Crippen LogP contribution in [0.1, 0.15) is 17.8 Å². The minimum absolute atomic E-state index is 0.288. The number of hydrogen-bond donors (Lipinski definition) is 1. The Balaban J connectivity index is 1.99. The van der Waals surface area contributed by atoms with Gasteiger partial charge in [-0.05, 0) is 26.0 Å². The maximum absolute atomic E-state index is 5.87. The highest BCUT2D eigenvalue weighted by atomic mass is 32.2. The summed E-state index contributed by atoms with van der Waals surface area (Å²) < 4.78 is 0.288. The van der Waals surface area contributed by atoms with E-state index in [1.807, 2.05) is 18.7 Å². The highest BCUT2D eigenvalue weighted by molar-refractivity contribution is 8.00. The standard InChI is InChI=1S/C10H18N4S2/c1-8-12-13-9(16-8)14-5-3-10(7-11,15-2)4-6-14/h3-7,11H2,1-2H3. The lowest BCUT2D eigenvalue weighted by atomic mass is 9.96. The predicted molar refractivity (Wildman–Crippen MR) is 71.4 cm³/mol. The summed E-state index contributed by atoms with van der Waals surface area (Å²) in [5.41, 5.74) is 5.87. The van der Waals surface area contributed by atoms with Gasteiger partial charge in [-0.15, -0.1) is 10.2 Å². The van der Waals surface area contributed by atoms with Crippen LogP contribution in [0.25, 0.3) is 0 Å². The smallest absolute Gasteiger partial charge is 0.208 e. The first kappa shape index (κ1) is 12.1. The van der Waals surface area contributed by atoms with Gasteiger partial charge in [0.2, 0.25) is 5.13 Å². The molecule has 0 amide bonds. The fourth-order valence-corrected chi connectivity index (χ4v) is 3.51. The molecule has 1 aromatic rings. The highest BCUT2D eigenvalue weighted by Gasteiger charge is 2.33. The number of piperidine rings is 1. The molecular weight excluding hydrogens is 240 g/mol. The van der Waals surface area contributed by atoms with E-state index in [2.05, 4.69) is 21.4 Å². The van der Waals surface area contributed by atoms with E-state index in [9.17, 15) is 0 Å². The van der Waals surface area contributed by atoms with Crippen LogP contribution in [0.4, 0.5) is 5.13 Å². The van der Waals surface area contributed by atoms with Crippen LogP contribution in [0.15, 0.2) is 0 Å². The van der Waals surface area contributed by atoms with Crippen molar-refractivity contribution in [3.63, 3.8) is 0 Å². The summed E-state index contributed by atoms with van der Waals surface area (Å²) in [5, 5.41) is 10.4. The van der Waals surface area contributed by atoms with Crippen molar-refractivity contribution in [2.45, 2.75) is 24.5 Å². The van der Waals surface area contributed by atoms with Crippen LogP contribution in [-0.4, -0.2) is 40.8 Å². The minimum atomic E-state index is 0.288. The lowest BCUT2D eigenvalue weighted by Crippen LogP contribution is -2.46. The van der Waals surface area contributed by atoms with Gasteiger partial charge >= 0.3 is 0 Å². The molecule has 0 aliphatic carbocycles. The Morgan fingerprint density at radius 3 is 2.56 bits per heavy atom. The minimum Gasteiger partial charge on any atom is -0.347 e. The number of nitrogens with two attached hydrogens (primary N) is 1. The maximum atomic E-state index is 5.87. The van der Waals surface area contributed by atoms with Crippen molar-refractivity contribution in [3.05, 3.63) is 5.01 Å². The van der Waals surface area contributed by atoms with Gasteiger partial charge in [0.05, 0.1) is 0 Å². The molecule has 1 saturated heterocycles. The van der Waals surface area contributed by atoms with Gasteiger partial charge in [-0.2, -0.15) is 11.8 Å². The van der Waals surface area contributed by atoms with Crippen LogP contribution in [0.3, 0.4) is 0 Å². The Bertz CT molecular complexity index is 338. The summed E-state index contributed by atoms with van der Waals surface area (Å²) in [7, 11) is 0. The summed E-state index contributed by atoms with van der Waals surface area (Å²) in [6.45, 7) is 4.87. The molecule has 6 heteroatoms. The largest absolute Gasteiger partial charge is 0.347 e. The van der Waals surface area contributed by atoms with Crippen LogP contribution in [-0.2, 0) is 0 Å². The van der Waals surface area contributed by atoms with Crippen molar-refractivity contribution in [1.29, 1.82) is 0 Å². The van der Waals surface area contributed by atoms with Gasteiger partial charge in [0.1, 0.15) is 5.01 Å². The molecule has 90 valence electrons. The zero-order valence-corrected chi connectivity index (χ0v) is 11.4. The molecule has 2 heterocycles. The lowest BCUT2D eigenvalue weighted by Gasteiger charge is -2.39. The fourth-order valence-electron chi connectivity index (χ4n) is 2.01.